The first-order valence-electron chi connectivity index (χ1n) is 9.03. The second-order valence-corrected chi connectivity index (χ2v) is 7.43. The Morgan fingerprint density at radius 2 is 1.97 bits per heavy atom. The molecule has 0 amide bonds. The Morgan fingerprint density at radius 3 is 2.65 bits per heavy atom. The summed E-state index contributed by atoms with van der Waals surface area (Å²) in [6.07, 6.45) is 1.61. The number of anilines is 1. The monoisotopic (exact) mass is 528 g/mol. The summed E-state index contributed by atoms with van der Waals surface area (Å²) in [5.41, 5.74) is 5.61. The standard InChI is InChI=1S/C22H17IN4O4/c1-30-21-11-15(13-25-26-18-6-8-19(9-7-18)27(28)29)10-20(23)22(21)31-14-17-5-3-2-4-16(17)12-24/h2-11,13,26H,14H2,1H3/b25-13+. The van der Waals surface area contributed by atoms with Crippen molar-refractivity contribution in [3.05, 3.63) is 91.0 Å². The quantitative estimate of drug-likeness (QED) is 0.189. The van der Waals surface area contributed by atoms with Gasteiger partial charge in [-0.05, 0) is 58.5 Å². The Bertz CT molecular complexity index is 1160. The van der Waals surface area contributed by atoms with Crippen LogP contribution in [-0.2, 0) is 6.61 Å². The third-order valence-corrected chi connectivity index (χ3v) is 5.05. The van der Waals surface area contributed by atoms with Crippen molar-refractivity contribution >= 4 is 40.2 Å². The lowest BCUT2D eigenvalue weighted by atomic mass is 10.1. The van der Waals surface area contributed by atoms with Gasteiger partial charge in [-0.25, -0.2) is 0 Å². The van der Waals surface area contributed by atoms with E-state index < -0.39 is 4.92 Å². The molecule has 9 heteroatoms. The van der Waals surface area contributed by atoms with Crippen LogP contribution < -0.4 is 14.9 Å². The average molecular weight is 528 g/mol. The van der Waals surface area contributed by atoms with Gasteiger partial charge in [0.15, 0.2) is 11.5 Å². The van der Waals surface area contributed by atoms with Crippen molar-refractivity contribution in [2.75, 3.05) is 12.5 Å². The van der Waals surface area contributed by atoms with Gasteiger partial charge in [-0.3, -0.25) is 15.5 Å². The van der Waals surface area contributed by atoms with E-state index in [0.29, 0.717) is 22.7 Å². The number of benzene rings is 3. The molecule has 0 unspecified atom stereocenters. The first kappa shape index (κ1) is 22.0. The molecule has 1 N–H and O–H groups in total. The average Bonchev–Trinajstić information content (AvgIpc) is 2.78. The van der Waals surface area contributed by atoms with E-state index in [4.69, 9.17) is 9.47 Å². The van der Waals surface area contributed by atoms with Gasteiger partial charge < -0.3 is 9.47 Å². The van der Waals surface area contributed by atoms with Crippen LogP contribution in [0.3, 0.4) is 0 Å². The van der Waals surface area contributed by atoms with Crippen LogP contribution >= 0.6 is 22.6 Å². The molecule has 0 aliphatic rings. The summed E-state index contributed by atoms with van der Waals surface area (Å²) in [5, 5.41) is 24.1. The summed E-state index contributed by atoms with van der Waals surface area (Å²) in [6, 6.07) is 19.1. The second kappa shape index (κ2) is 10.4. The number of nitro groups is 1. The second-order valence-electron chi connectivity index (χ2n) is 6.27. The van der Waals surface area contributed by atoms with E-state index in [1.807, 2.05) is 24.3 Å². The summed E-state index contributed by atoms with van der Waals surface area (Å²) in [4.78, 5) is 10.3. The molecule has 0 bridgehead atoms. The fourth-order valence-corrected chi connectivity index (χ4v) is 3.48. The van der Waals surface area contributed by atoms with Gasteiger partial charge in [-0.2, -0.15) is 10.4 Å². The molecule has 3 rings (SSSR count). The Kier molecular flexibility index (Phi) is 7.40. The number of nitriles is 1. The molecule has 0 aromatic heterocycles. The lowest BCUT2D eigenvalue weighted by Crippen LogP contribution is -2.02. The minimum absolute atomic E-state index is 0.0156. The first-order chi connectivity index (χ1) is 15.0. The third kappa shape index (κ3) is 5.70. The van der Waals surface area contributed by atoms with Crippen molar-refractivity contribution in [2.24, 2.45) is 5.10 Å². The zero-order chi connectivity index (χ0) is 22.2. The predicted octanol–water partition coefficient (Wildman–Crippen LogP) is 5.10. The molecule has 0 saturated heterocycles. The fourth-order valence-electron chi connectivity index (χ4n) is 2.70. The zero-order valence-corrected chi connectivity index (χ0v) is 18.6. The molecule has 0 heterocycles. The van der Waals surface area contributed by atoms with Gasteiger partial charge in [0, 0.05) is 17.7 Å². The van der Waals surface area contributed by atoms with Gasteiger partial charge in [-0.1, -0.05) is 18.2 Å². The number of ether oxygens (including phenoxy) is 2. The molecule has 3 aromatic carbocycles. The highest BCUT2D eigenvalue weighted by molar-refractivity contribution is 14.1. The number of hydrogen-bond donors (Lipinski definition) is 1. The highest BCUT2D eigenvalue weighted by Gasteiger charge is 2.12. The lowest BCUT2D eigenvalue weighted by molar-refractivity contribution is -0.384. The molecular formula is C22H17IN4O4. The van der Waals surface area contributed by atoms with Crippen molar-refractivity contribution in [3.63, 3.8) is 0 Å². The molecule has 3 aromatic rings. The van der Waals surface area contributed by atoms with Crippen LogP contribution in [0.5, 0.6) is 11.5 Å². The van der Waals surface area contributed by atoms with Gasteiger partial charge in [0.2, 0.25) is 0 Å². The highest BCUT2D eigenvalue weighted by Crippen LogP contribution is 2.34. The van der Waals surface area contributed by atoms with Crippen LogP contribution in [0.25, 0.3) is 0 Å². The molecule has 156 valence electrons. The molecule has 0 aliphatic heterocycles. The van der Waals surface area contributed by atoms with Crippen molar-refractivity contribution < 1.29 is 14.4 Å². The molecular weight excluding hydrogens is 511 g/mol. The summed E-state index contributed by atoms with van der Waals surface area (Å²) >= 11 is 2.15. The number of hydrazone groups is 1. The van der Waals surface area contributed by atoms with E-state index >= 15 is 0 Å². The van der Waals surface area contributed by atoms with E-state index in [1.165, 1.54) is 12.1 Å². The van der Waals surface area contributed by atoms with Gasteiger partial charge in [0.05, 0.1) is 39.1 Å². The number of nitrogens with one attached hydrogen (secondary N) is 1. The summed E-state index contributed by atoms with van der Waals surface area (Å²) < 4.78 is 12.2. The van der Waals surface area contributed by atoms with Crippen molar-refractivity contribution in [2.45, 2.75) is 6.61 Å². The van der Waals surface area contributed by atoms with Crippen LogP contribution in [0.15, 0.2) is 65.8 Å². The highest BCUT2D eigenvalue weighted by atomic mass is 127. The first-order valence-corrected chi connectivity index (χ1v) is 10.1. The molecule has 0 saturated carbocycles. The van der Waals surface area contributed by atoms with E-state index in [0.717, 1.165) is 14.7 Å². The van der Waals surface area contributed by atoms with Gasteiger partial charge in [0.25, 0.3) is 5.69 Å². The number of hydrogen-bond acceptors (Lipinski definition) is 7. The molecule has 8 nitrogen and oxygen atoms in total. The molecule has 0 fully saturated rings. The van der Waals surface area contributed by atoms with Crippen LogP contribution in [0.2, 0.25) is 0 Å². The normalized spacial score (nSPS) is 10.5. The predicted molar refractivity (Wildman–Crippen MR) is 126 cm³/mol. The lowest BCUT2D eigenvalue weighted by Gasteiger charge is -2.14. The largest absolute Gasteiger partial charge is 0.493 e. The van der Waals surface area contributed by atoms with Crippen LogP contribution in [0.4, 0.5) is 11.4 Å². The van der Waals surface area contributed by atoms with Crippen molar-refractivity contribution in [3.8, 4) is 17.6 Å². The number of nitrogens with zero attached hydrogens (tertiary/aromatic N) is 3. The Hall–Kier alpha value is -3.65. The van der Waals surface area contributed by atoms with Crippen molar-refractivity contribution in [1.29, 1.82) is 5.26 Å². The SMILES string of the molecule is COc1cc(/C=N/Nc2ccc([N+](=O)[O-])cc2)cc(I)c1OCc1ccccc1C#N. The zero-order valence-electron chi connectivity index (χ0n) is 16.4. The maximum absolute atomic E-state index is 10.7. The summed E-state index contributed by atoms with van der Waals surface area (Å²) in [7, 11) is 1.55. The molecule has 0 spiro atoms. The van der Waals surface area contributed by atoms with E-state index in [2.05, 4.69) is 39.2 Å². The molecule has 0 radical (unpaired) electrons. The Morgan fingerprint density at radius 1 is 1.23 bits per heavy atom. The molecule has 31 heavy (non-hydrogen) atoms. The molecule has 0 atom stereocenters. The summed E-state index contributed by atoms with van der Waals surface area (Å²) in [5.74, 6) is 1.12. The smallest absolute Gasteiger partial charge is 0.269 e. The Labute approximate surface area is 192 Å². The molecule has 0 aliphatic carbocycles. The van der Waals surface area contributed by atoms with Gasteiger partial charge in [-0.15, -0.1) is 0 Å². The maximum atomic E-state index is 10.7. The minimum Gasteiger partial charge on any atom is -0.493 e. The fraction of sp³-hybridized carbons (Fsp3) is 0.0909. The van der Waals surface area contributed by atoms with Gasteiger partial charge >= 0.3 is 0 Å². The van der Waals surface area contributed by atoms with E-state index in [-0.39, 0.29) is 12.3 Å². The number of halogens is 1. The van der Waals surface area contributed by atoms with Crippen molar-refractivity contribution in [1.82, 2.24) is 0 Å². The van der Waals surface area contributed by atoms with Crippen LogP contribution in [0, 0.1) is 25.0 Å². The number of rotatable bonds is 8. The number of nitro benzene ring substituents is 1. The van der Waals surface area contributed by atoms with E-state index in [1.54, 1.807) is 37.6 Å². The number of methoxy groups -OCH3 is 1. The summed E-state index contributed by atoms with van der Waals surface area (Å²) in [6.45, 7) is 0.241. The Balaban J connectivity index is 1.72. The third-order valence-electron chi connectivity index (χ3n) is 4.25. The van der Waals surface area contributed by atoms with Crippen LogP contribution in [-0.4, -0.2) is 18.2 Å². The number of non-ortho nitro benzene ring substituents is 1. The van der Waals surface area contributed by atoms with E-state index in [9.17, 15) is 15.4 Å². The minimum atomic E-state index is -0.455. The van der Waals surface area contributed by atoms with Gasteiger partial charge in [0.1, 0.15) is 6.61 Å². The maximum Gasteiger partial charge on any atom is 0.269 e. The van der Waals surface area contributed by atoms with Crippen LogP contribution in [0.1, 0.15) is 16.7 Å². The topological polar surface area (TPSA) is 110 Å².